The summed E-state index contributed by atoms with van der Waals surface area (Å²) in [4.78, 5) is 12.1. The first-order valence-electron chi connectivity index (χ1n) is 10.9. The molecule has 0 aliphatic heterocycles. The Morgan fingerprint density at radius 2 is 1.61 bits per heavy atom. The summed E-state index contributed by atoms with van der Waals surface area (Å²) in [6.45, 7) is 1.63. The van der Waals surface area contributed by atoms with Crippen LogP contribution in [0.3, 0.4) is 0 Å². The van der Waals surface area contributed by atoms with Gasteiger partial charge in [-0.05, 0) is 66.1 Å². The molecule has 0 spiro atoms. The van der Waals surface area contributed by atoms with Crippen molar-refractivity contribution < 1.29 is 14.2 Å². The minimum atomic E-state index is -0.808. The number of aromatic nitrogens is 2. The van der Waals surface area contributed by atoms with Gasteiger partial charge >= 0.3 is 5.69 Å². The Balaban J connectivity index is 1.26. The number of hydrogen-bond donors (Lipinski definition) is 2. The van der Waals surface area contributed by atoms with Crippen LogP contribution < -0.4 is 15.7 Å². The molecule has 0 fully saturated rings. The van der Waals surface area contributed by atoms with Crippen LogP contribution in [0.25, 0.3) is 11.0 Å². The molecule has 6 nitrogen and oxygen atoms in total. The van der Waals surface area contributed by atoms with Crippen LogP contribution in [0, 0.1) is 5.82 Å². The van der Waals surface area contributed by atoms with Crippen molar-refractivity contribution in [1.82, 2.24) is 14.5 Å². The topological polar surface area (TPSA) is 68.4 Å². The molecule has 0 bridgehead atoms. The van der Waals surface area contributed by atoms with Gasteiger partial charge in [-0.2, -0.15) is 0 Å². The van der Waals surface area contributed by atoms with Crippen molar-refractivity contribution >= 4 is 11.0 Å². The summed E-state index contributed by atoms with van der Waals surface area (Å²) < 4.78 is 21.9. The average Bonchev–Trinajstić information content (AvgIpc) is 3.05. The van der Waals surface area contributed by atoms with Gasteiger partial charge in [-0.15, -0.1) is 0 Å². The molecule has 0 saturated carbocycles. The van der Waals surface area contributed by atoms with Crippen molar-refractivity contribution in [2.24, 2.45) is 14.1 Å². The van der Waals surface area contributed by atoms with Crippen LogP contribution in [0.1, 0.15) is 22.8 Å². The van der Waals surface area contributed by atoms with Crippen LogP contribution in [0.4, 0.5) is 4.39 Å². The lowest BCUT2D eigenvalue weighted by molar-refractivity contribution is 0.108. The van der Waals surface area contributed by atoms with E-state index in [0.717, 1.165) is 41.7 Å². The van der Waals surface area contributed by atoms with Crippen molar-refractivity contribution in [2.75, 3.05) is 13.2 Å². The number of hydrogen-bond acceptors (Lipinski definition) is 4. The van der Waals surface area contributed by atoms with E-state index < -0.39 is 6.10 Å². The number of nitrogens with one attached hydrogen (secondary N) is 1. The van der Waals surface area contributed by atoms with E-state index >= 15 is 0 Å². The molecule has 172 valence electrons. The van der Waals surface area contributed by atoms with Crippen LogP contribution in [-0.2, 0) is 27.1 Å². The molecule has 3 aromatic carbocycles. The number of halogens is 1. The molecule has 1 aromatic heterocycles. The first kappa shape index (κ1) is 22.8. The second-order valence-corrected chi connectivity index (χ2v) is 8.17. The summed E-state index contributed by atoms with van der Waals surface area (Å²) in [5.41, 5.74) is 4.41. The molecule has 7 heteroatoms. The zero-order chi connectivity index (χ0) is 23.4. The fraction of sp³-hybridized carbons (Fsp3) is 0.269. The van der Waals surface area contributed by atoms with Gasteiger partial charge in [-0.25, -0.2) is 9.18 Å². The molecular formula is C26H28FN3O3. The maximum absolute atomic E-state index is 12.9. The highest BCUT2D eigenvalue weighted by molar-refractivity contribution is 5.77. The molecule has 0 amide bonds. The van der Waals surface area contributed by atoms with Crippen molar-refractivity contribution in [3.8, 4) is 5.75 Å². The first-order valence-corrected chi connectivity index (χ1v) is 10.9. The van der Waals surface area contributed by atoms with Crippen LogP contribution in [0.15, 0.2) is 71.5 Å². The summed E-state index contributed by atoms with van der Waals surface area (Å²) in [5.74, 6) is 0.461. The minimum absolute atomic E-state index is 0.0991. The highest BCUT2D eigenvalue weighted by Gasteiger charge is 2.13. The molecule has 1 heterocycles. The van der Waals surface area contributed by atoms with Gasteiger partial charge in [-0.1, -0.05) is 30.3 Å². The third-order valence-corrected chi connectivity index (χ3v) is 5.84. The normalized spacial score (nSPS) is 12.2. The average molecular weight is 450 g/mol. The molecule has 33 heavy (non-hydrogen) atoms. The molecule has 4 rings (SSSR count). The Bertz CT molecular complexity index is 1280. The van der Waals surface area contributed by atoms with Gasteiger partial charge in [0.15, 0.2) is 0 Å². The monoisotopic (exact) mass is 449 g/mol. The van der Waals surface area contributed by atoms with Crippen LogP contribution in [0.2, 0.25) is 0 Å². The fourth-order valence-electron chi connectivity index (χ4n) is 3.82. The van der Waals surface area contributed by atoms with E-state index in [-0.39, 0.29) is 18.1 Å². The Morgan fingerprint density at radius 1 is 0.939 bits per heavy atom. The number of benzene rings is 3. The van der Waals surface area contributed by atoms with Crippen molar-refractivity contribution in [1.29, 1.82) is 0 Å². The largest absolute Gasteiger partial charge is 0.491 e. The van der Waals surface area contributed by atoms with E-state index in [0.29, 0.717) is 11.3 Å². The van der Waals surface area contributed by atoms with E-state index in [1.54, 1.807) is 35.4 Å². The van der Waals surface area contributed by atoms with Gasteiger partial charge in [0.1, 0.15) is 24.3 Å². The number of imidazole rings is 1. The molecule has 0 radical (unpaired) electrons. The van der Waals surface area contributed by atoms with Crippen LogP contribution in [0.5, 0.6) is 5.75 Å². The Morgan fingerprint density at radius 3 is 2.33 bits per heavy atom. The summed E-state index contributed by atoms with van der Waals surface area (Å²) in [7, 11) is 3.45. The maximum atomic E-state index is 12.9. The number of rotatable bonds is 9. The lowest BCUT2D eigenvalue weighted by Crippen LogP contribution is -2.19. The zero-order valence-electron chi connectivity index (χ0n) is 18.8. The van der Waals surface area contributed by atoms with Gasteiger partial charge in [0.05, 0.1) is 11.0 Å². The lowest BCUT2D eigenvalue weighted by atomic mass is 10.1. The fourth-order valence-corrected chi connectivity index (χ4v) is 3.82. The lowest BCUT2D eigenvalue weighted by Gasteiger charge is -2.14. The Hall–Kier alpha value is -3.42. The molecule has 1 unspecified atom stereocenters. The van der Waals surface area contributed by atoms with Crippen molar-refractivity contribution in [3.05, 3.63) is 99.7 Å². The second-order valence-electron chi connectivity index (χ2n) is 8.17. The predicted octanol–water partition coefficient (Wildman–Crippen LogP) is 3.46. The van der Waals surface area contributed by atoms with Crippen molar-refractivity contribution in [3.63, 3.8) is 0 Å². The molecule has 0 saturated heterocycles. The van der Waals surface area contributed by atoms with E-state index in [1.165, 1.54) is 12.1 Å². The van der Waals surface area contributed by atoms with Gasteiger partial charge < -0.3 is 15.2 Å². The summed E-state index contributed by atoms with van der Waals surface area (Å²) in [6.07, 6.45) is 0.0278. The number of aliphatic hydroxyl groups is 1. The third-order valence-electron chi connectivity index (χ3n) is 5.84. The quantitative estimate of drug-likeness (QED) is 0.384. The number of fused-ring (bicyclic) bond motifs is 1. The van der Waals surface area contributed by atoms with E-state index in [4.69, 9.17) is 4.74 Å². The highest BCUT2D eigenvalue weighted by atomic mass is 19.1. The highest BCUT2D eigenvalue weighted by Crippen LogP contribution is 2.21. The van der Waals surface area contributed by atoms with Gasteiger partial charge in [0.2, 0.25) is 0 Å². The summed E-state index contributed by atoms with van der Waals surface area (Å²) in [6, 6.07) is 19.8. The second kappa shape index (κ2) is 10.0. The molecule has 0 aliphatic rings. The van der Waals surface area contributed by atoms with Crippen LogP contribution in [-0.4, -0.2) is 27.4 Å². The standard InChI is InChI=1S/C26H28FN3O3/c1-29-23-12-7-20(15-24(23)30(2)26(29)32)25(31)17-33-22-10-5-19(6-11-22)16-28-14-13-18-3-8-21(27)9-4-18/h3-12,15,25,28,31H,13-14,16-17H2,1-2H3. The van der Waals surface area contributed by atoms with Crippen molar-refractivity contribution in [2.45, 2.75) is 19.1 Å². The van der Waals surface area contributed by atoms with E-state index in [9.17, 15) is 14.3 Å². The number of aliphatic hydroxyl groups excluding tert-OH is 1. The van der Waals surface area contributed by atoms with Crippen LogP contribution >= 0.6 is 0 Å². The Labute approximate surface area is 191 Å². The predicted molar refractivity (Wildman–Crippen MR) is 127 cm³/mol. The van der Waals surface area contributed by atoms with Gasteiger partial charge in [0, 0.05) is 20.6 Å². The smallest absolute Gasteiger partial charge is 0.328 e. The number of ether oxygens (including phenoxy) is 1. The molecule has 1 atom stereocenters. The van der Waals surface area contributed by atoms with E-state index in [1.807, 2.05) is 42.5 Å². The molecule has 4 aromatic rings. The summed E-state index contributed by atoms with van der Waals surface area (Å²) >= 11 is 0. The third kappa shape index (κ3) is 5.32. The molecule has 0 aliphatic carbocycles. The Kier molecular flexibility index (Phi) is 6.91. The molecular weight excluding hydrogens is 421 g/mol. The first-order chi connectivity index (χ1) is 15.9. The number of aryl methyl sites for hydroxylation is 2. The minimum Gasteiger partial charge on any atom is -0.491 e. The summed E-state index contributed by atoms with van der Waals surface area (Å²) in [5, 5.41) is 13.9. The van der Waals surface area contributed by atoms with Gasteiger partial charge in [0.25, 0.3) is 0 Å². The SMILES string of the molecule is Cn1c(=O)n(C)c2cc(C(O)COc3ccc(CNCCc4ccc(F)cc4)cc3)ccc21. The zero-order valence-corrected chi connectivity index (χ0v) is 18.8. The maximum Gasteiger partial charge on any atom is 0.328 e. The molecule has 2 N–H and O–H groups in total. The van der Waals surface area contributed by atoms with E-state index in [2.05, 4.69) is 5.32 Å². The van der Waals surface area contributed by atoms with Gasteiger partial charge in [-0.3, -0.25) is 9.13 Å². The number of nitrogens with zero attached hydrogens (tertiary/aromatic N) is 2.